The molecule has 1 unspecified atom stereocenters. The lowest BCUT2D eigenvalue weighted by molar-refractivity contribution is -0.124. The van der Waals surface area contributed by atoms with E-state index in [9.17, 15) is 20.0 Å². The molecular weight excluding hydrogens is 422 g/mol. The fourth-order valence-corrected chi connectivity index (χ4v) is 4.27. The molecule has 0 spiro atoms. The second-order valence-electron chi connectivity index (χ2n) is 8.99. The van der Waals surface area contributed by atoms with Gasteiger partial charge in [-0.3, -0.25) is 14.9 Å². The molecule has 2 aromatic rings. The number of aromatic nitrogens is 1. The van der Waals surface area contributed by atoms with Crippen LogP contribution in [0, 0.1) is 23.2 Å². The normalized spacial score (nSPS) is 20.1. The number of aliphatic hydroxyl groups excluding tert-OH is 1. The maximum absolute atomic E-state index is 13.0. The van der Waals surface area contributed by atoms with Crippen molar-refractivity contribution in [1.29, 1.82) is 5.26 Å². The van der Waals surface area contributed by atoms with E-state index in [1.165, 1.54) is 0 Å². The summed E-state index contributed by atoms with van der Waals surface area (Å²) in [5.74, 6) is -0.127. The fraction of sp³-hybridized carbons (Fsp3) is 0.542. The van der Waals surface area contributed by atoms with Crippen LogP contribution >= 0.6 is 0 Å². The number of nitriles is 1. The number of nitrogens with one attached hydrogen (secondary N) is 4. The summed E-state index contributed by atoms with van der Waals surface area (Å²) in [5, 5.41) is 29.0. The molecule has 1 aliphatic heterocycles. The number of nitrogens with zero attached hydrogens (tertiary/aromatic N) is 1. The summed E-state index contributed by atoms with van der Waals surface area (Å²) in [6.45, 7) is 4.67. The summed E-state index contributed by atoms with van der Waals surface area (Å²) in [7, 11) is 1.57. The third kappa shape index (κ3) is 6.24. The molecule has 178 valence electrons. The number of carbonyl (C=O) groups is 2. The number of ether oxygens (including phenoxy) is 1. The number of fused-ring (bicyclic) bond motifs is 1. The molecule has 5 N–H and O–H groups in total. The van der Waals surface area contributed by atoms with Crippen molar-refractivity contribution in [3.8, 4) is 11.8 Å². The number of H-pyrrole nitrogens is 1. The highest BCUT2D eigenvalue weighted by Crippen LogP contribution is 2.26. The number of hydrogen-bond donors (Lipinski definition) is 5. The first-order chi connectivity index (χ1) is 15.8. The van der Waals surface area contributed by atoms with E-state index in [4.69, 9.17) is 4.74 Å². The van der Waals surface area contributed by atoms with Gasteiger partial charge in [0.05, 0.1) is 13.2 Å². The van der Waals surface area contributed by atoms with Gasteiger partial charge < -0.3 is 25.5 Å². The van der Waals surface area contributed by atoms with Crippen molar-refractivity contribution < 1.29 is 19.4 Å². The Hall–Kier alpha value is -3.09. The quantitative estimate of drug-likeness (QED) is 0.392. The van der Waals surface area contributed by atoms with E-state index in [2.05, 4.69) is 27.0 Å². The maximum atomic E-state index is 13.0. The highest BCUT2D eigenvalue weighted by molar-refractivity contribution is 6.01. The molecule has 1 aliphatic rings. The molecule has 0 radical (unpaired) electrons. The molecule has 2 amide bonds. The molecule has 4 atom stereocenters. The molecule has 9 nitrogen and oxygen atoms in total. The van der Waals surface area contributed by atoms with Crippen LogP contribution in [0.2, 0.25) is 0 Å². The molecule has 0 bridgehead atoms. The van der Waals surface area contributed by atoms with Gasteiger partial charge in [0.2, 0.25) is 5.91 Å². The average Bonchev–Trinajstić information content (AvgIpc) is 3.24. The maximum Gasteiger partial charge on any atom is 0.268 e. The third-order valence-corrected chi connectivity index (χ3v) is 5.98. The Bertz CT molecular complexity index is 1010. The van der Waals surface area contributed by atoms with E-state index in [-0.39, 0.29) is 11.8 Å². The Balaban J connectivity index is 1.70. The number of piperidine rings is 1. The van der Waals surface area contributed by atoms with Gasteiger partial charge in [0.1, 0.15) is 29.8 Å². The number of amides is 2. The summed E-state index contributed by atoms with van der Waals surface area (Å²) < 4.78 is 5.35. The van der Waals surface area contributed by atoms with E-state index >= 15 is 0 Å². The van der Waals surface area contributed by atoms with E-state index in [0.29, 0.717) is 24.3 Å². The van der Waals surface area contributed by atoms with E-state index in [1.807, 2.05) is 32.0 Å². The molecule has 33 heavy (non-hydrogen) atoms. The van der Waals surface area contributed by atoms with Gasteiger partial charge in [-0.1, -0.05) is 19.9 Å². The molecule has 1 fully saturated rings. The first-order valence-corrected chi connectivity index (χ1v) is 11.4. The number of carbonyl (C=O) groups excluding carboxylic acids is 2. The highest BCUT2D eigenvalue weighted by atomic mass is 16.5. The lowest BCUT2D eigenvalue weighted by Gasteiger charge is -2.30. The van der Waals surface area contributed by atoms with Crippen LogP contribution in [0.4, 0.5) is 0 Å². The van der Waals surface area contributed by atoms with Crippen molar-refractivity contribution in [1.82, 2.24) is 20.9 Å². The van der Waals surface area contributed by atoms with Gasteiger partial charge in [-0.25, -0.2) is 0 Å². The first kappa shape index (κ1) is 24.6. The number of aromatic amines is 1. The summed E-state index contributed by atoms with van der Waals surface area (Å²) >= 11 is 0. The second-order valence-corrected chi connectivity index (χ2v) is 8.99. The Morgan fingerprint density at radius 2 is 2.12 bits per heavy atom. The summed E-state index contributed by atoms with van der Waals surface area (Å²) in [6.07, 6.45) is 1.79. The minimum Gasteiger partial charge on any atom is -0.496 e. The Labute approximate surface area is 193 Å². The highest BCUT2D eigenvalue weighted by Gasteiger charge is 2.29. The van der Waals surface area contributed by atoms with Gasteiger partial charge in [0, 0.05) is 16.8 Å². The van der Waals surface area contributed by atoms with Crippen molar-refractivity contribution >= 4 is 22.7 Å². The molecule has 9 heteroatoms. The topological polar surface area (TPSA) is 139 Å². The SMILES string of the molecule is COc1cccc2[nH]c(C(=O)N[C@@H](CC(C)C)C(=O)N[C@H](C#N)C[C@@H]3CCCNC3O)cc12. The van der Waals surface area contributed by atoms with Crippen molar-refractivity contribution in [2.45, 2.75) is 57.8 Å². The smallest absolute Gasteiger partial charge is 0.268 e. The zero-order valence-electron chi connectivity index (χ0n) is 19.4. The molecule has 1 aromatic heterocycles. The number of benzene rings is 1. The van der Waals surface area contributed by atoms with Gasteiger partial charge in [-0.2, -0.15) is 5.26 Å². The molecule has 1 aromatic carbocycles. The van der Waals surface area contributed by atoms with Crippen molar-refractivity contribution in [2.24, 2.45) is 11.8 Å². The standard InChI is InChI=1S/C24H33N5O4/c1-14(2)10-19(23(31)27-16(13-25)11-15-6-5-9-26-22(15)30)29-24(32)20-12-17-18(28-20)7-4-8-21(17)33-3/h4,7-8,12,14-16,19,22,26,28,30H,5-6,9-11H2,1-3H3,(H,27,31)(H,29,32)/t15-,16-,19-,22?/m0/s1. The minimum atomic E-state index is -0.795. The Morgan fingerprint density at radius 3 is 2.79 bits per heavy atom. The largest absolute Gasteiger partial charge is 0.496 e. The zero-order chi connectivity index (χ0) is 24.0. The third-order valence-electron chi connectivity index (χ3n) is 5.98. The van der Waals surface area contributed by atoms with Crippen LogP contribution in [0.5, 0.6) is 5.75 Å². The fourth-order valence-electron chi connectivity index (χ4n) is 4.27. The molecule has 0 saturated carbocycles. The summed E-state index contributed by atoms with van der Waals surface area (Å²) in [5.41, 5.74) is 1.08. The Morgan fingerprint density at radius 1 is 1.33 bits per heavy atom. The van der Waals surface area contributed by atoms with Gasteiger partial charge in [-0.15, -0.1) is 0 Å². The van der Waals surface area contributed by atoms with E-state index in [0.717, 1.165) is 30.3 Å². The van der Waals surface area contributed by atoms with Crippen LogP contribution in [0.25, 0.3) is 10.9 Å². The van der Waals surface area contributed by atoms with Crippen LogP contribution in [-0.2, 0) is 4.79 Å². The first-order valence-electron chi connectivity index (χ1n) is 11.4. The molecular formula is C24H33N5O4. The lowest BCUT2D eigenvalue weighted by atomic mass is 9.91. The summed E-state index contributed by atoms with van der Waals surface area (Å²) in [6, 6.07) is 7.76. The monoisotopic (exact) mass is 455 g/mol. The van der Waals surface area contributed by atoms with Gasteiger partial charge in [0.25, 0.3) is 5.91 Å². The van der Waals surface area contributed by atoms with E-state index < -0.39 is 30.1 Å². The van der Waals surface area contributed by atoms with Crippen LogP contribution in [0.3, 0.4) is 0 Å². The lowest BCUT2D eigenvalue weighted by Crippen LogP contribution is -2.51. The number of rotatable bonds is 9. The minimum absolute atomic E-state index is 0.108. The molecule has 3 rings (SSSR count). The average molecular weight is 456 g/mol. The van der Waals surface area contributed by atoms with Crippen LogP contribution < -0.4 is 20.7 Å². The van der Waals surface area contributed by atoms with Crippen molar-refractivity contribution in [3.05, 3.63) is 30.0 Å². The zero-order valence-corrected chi connectivity index (χ0v) is 19.4. The van der Waals surface area contributed by atoms with Crippen LogP contribution in [-0.4, -0.2) is 53.9 Å². The number of methoxy groups -OCH3 is 1. The van der Waals surface area contributed by atoms with Gasteiger partial charge in [-0.05, 0) is 56.3 Å². The van der Waals surface area contributed by atoms with Crippen molar-refractivity contribution in [3.63, 3.8) is 0 Å². The molecule has 0 aliphatic carbocycles. The summed E-state index contributed by atoms with van der Waals surface area (Å²) in [4.78, 5) is 29.0. The number of aliphatic hydroxyl groups is 1. The van der Waals surface area contributed by atoms with Crippen LogP contribution in [0.15, 0.2) is 24.3 Å². The predicted molar refractivity (Wildman–Crippen MR) is 124 cm³/mol. The van der Waals surface area contributed by atoms with Gasteiger partial charge in [0.15, 0.2) is 0 Å². The molecule has 2 heterocycles. The Kier molecular flexibility index (Phi) is 8.31. The predicted octanol–water partition coefficient (Wildman–Crippen LogP) is 2.04. The molecule has 1 saturated heterocycles. The van der Waals surface area contributed by atoms with Crippen LogP contribution in [0.1, 0.15) is 50.0 Å². The van der Waals surface area contributed by atoms with Gasteiger partial charge >= 0.3 is 0 Å². The van der Waals surface area contributed by atoms with E-state index in [1.54, 1.807) is 13.2 Å². The van der Waals surface area contributed by atoms with Crippen molar-refractivity contribution in [2.75, 3.05) is 13.7 Å². The second kappa shape index (κ2) is 11.2. The number of hydrogen-bond acceptors (Lipinski definition) is 6.